The van der Waals surface area contributed by atoms with Crippen LogP contribution in [0.3, 0.4) is 0 Å². The first kappa shape index (κ1) is 107. The van der Waals surface area contributed by atoms with E-state index in [2.05, 4.69) is 78.4 Å². The highest BCUT2D eigenvalue weighted by Gasteiger charge is 2.46. The van der Waals surface area contributed by atoms with Gasteiger partial charge in [0, 0.05) is 36.9 Å². The summed E-state index contributed by atoms with van der Waals surface area (Å²) in [6.45, 7) is 15.6. The summed E-state index contributed by atoms with van der Waals surface area (Å²) in [5, 5.41) is 28.7. The van der Waals surface area contributed by atoms with Crippen LogP contribution in [0.2, 0.25) is 5.15 Å². The van der Waals surface area contributed by atoms with Crippen molar-refractivity contribution in [1.82, 2.24) is 84.1 Å². The van der Waals surface area contributed by atoms with Crippen LogP contribution in [0.25, 0.3) is 85.5 Å². The van der Waals surface area contributed by atoms with Crippen LogP contribution in [-0.2, 0) is 55.5 Å². The zero-order valence-corrected chi connectivity index (χ0v) is 83.1. The summed E-state index contributed by atoms with van der Waals surface area (Å²) in [5.41, 5.74) is 5.24. The van der Waals surface area contributed by atoms with Crippen molar-refractivity contribution in [2.24, 2.45) is 28.3 Å². The zero-order valence-electron chi connectivity index (χ0n) is 79.9. The molecule has 1 unspecified atom stereocenters. The molecule has 3 atom stereocenters. The number of imidazole rings is 3. The van der Waals surface area contributed by atoms with Crippen molar-refractivity contribution >= 4 is 81.7 Å². The normalized spacial score (nSPS) is 19.3. The molecule has 5 aliphatic rings. The average Bonchev–Trinajstić information content (AvgIpc) is 1.60. The lowest BCUT2D eigenvalue weighted by Crippen LogP contribution is -2.49. The number of halogens is 1. The van der Waals surface area contributed by atoms with Crippen molar-refractivity contribution in [2.45, 2.75) is 180 Å². The van der Waals surface area contributed by atoms with Gasteiger partial charge in [-0.25, -0.2) is 90.2 Å². The molecular formula is C96H127ClN18O20S3. The van der Waals surface area contributed by atoms with Gasteiger partial charge in [-0.1, -0.05) is 82.1 Å². The number of rotatable bonds is 32. The maximum absolute atomic E-state index is 13.4. The fourth-order valence-electron chi connectivity index (χ4n) is 18.2. The van der Waals surface area contributed by atoms with Crippen LogP contribution in [0.4, 0.5) is 0 Å². The van der Waals surface area contributed by atoms with Gasteiger partial charge in [-0.15, -0.1) is 0 Å². The summed E-state index contributed by atoms with van der Waals surface area (Å²) >= 11 is 6.13. The molecule has 1 aliphatic heterocycles. The van der Waals surface area contributed by atoms with Crippen molar-refractivity contribution in [3.8, 4) is 104 Å². The highest BCUT2D eigenvalue weighted by atomic mass is 35.5. The monoisotopic (exact) mass is 1980 g/mol. The summed E-state index contributed by atoms with van der Waals surface area (Å²) < 4.78 is 142. The Morgan fingerprint density at radius 2 is 0.804 bits per heavy atom. The van der Waals surface area contributed by atoms with Gasteiger partial charge < -0.3 is 73.0 Å². The van der Waals surface area contributed by atoms with Gasteiger partial charge in [0.1, 0.15) is 73.8 Å². The Kier molecular flexibility index (Phi) is 37.0. The number of likely N-dealkylation sites (N-methyl/N-ethyl adjacent to an activating group) is 2. The lowest BCUT2D eigenvalue weighted by atomic mass is 9.65. The predicted octanol–water partition coefficient (Wildman–Crippen LogP) is 14.0. The summed E-state index contributed by atoms with van der Waals surface area (Å²) in [5.74, 6) is 5.77. The van der Waals surface area contributed by atoms with Gasteiger partial charge in [0.05, 0.1) is 132 Å². The number of hydrogen-bond acceptors (Lipinski definition) is 33. The number of nitrogens with two attached hydrogens (primary N) is 1. The molecule has 5 fully saturated rings. The first-order chi connectivity index (χ1) is 65.6. The fraction of sp³-hybridized carbons (Fsp3) is 0.490. The summed E-state index contributed by atoms with van der Waals surface area (Å²) in [6.07, 6.45) is 16.9. The van der Waals surface area contributed by atoms with Gasteiger partial charge in [-0.3, -0.25) is 18.5 Å². The van der Waals surface area contributed by atoms with E-state index in [-0.39, 0.29) is 77.2 Å². The maximum Gasteiger partial charge on any atom is 0.290 e. The van der Waals surface area contributed by atoms with E-state index >= 15 is 0 Å². The molecular weight excluding hydrogens is 1860 g/mol. The van der Waals surface area contributed by atoms with Gasteiger partial charge in [-0.2, -0.15) is 0 Å². The number of aromatic nitrogens is 15. The summed E-state index contributed by atoms with van der Waals surface area (Å²) in [6, 6.07) is 33.9. The molecule has 4 aliphatic carbocycles. The van der Waals surface area contributed by atoms with Gasteiger partial charge in [-0.05, 0) is 197 Å². The highest BCUT2D eigenvalue weighted by molar-refractivity contribution is 7.91. The number of ether oxygens (including phenoxy) is 11. The van der Waals surface area contributed by atoms with Gasteiger partial charge in [0.15, 0.2) is 77.3 Å². The minimum Gasteiger partial charge on any atom is -0.494 e. The minimum atomic E-state index is -3.50. The number of fused-ring (bicyclic) bond motifs is 3. The molecule has 746 valence electrons. The second-order valence-electron chi connectivity index (χ2n) is 35.1. The molecule has 12 aromatic rings. The van der Waals surface area contributed by atoms with Crippen LogP contribution in [0.15, 0.2) is 128 Å². The van der Waals surface area contributed by atoms with E-state index in [0.29, 0.717) is 219 Å². The number of sulfone groups is 2. The van der Waals surface area contributed by atoms with Crippen LogP contribution in [0.1, 0.15) is 151 Å². The van der Waals surface area contributed by atoms with Crippen molar-refractivity contribution in [3.63, 3.8) is 0 Å². The first-order valence-electron chi connectivity index (χ1n) is 45.3. The van der Waals surface area contributed by atoms with E-state index in [1.807, 2.05) is 82.3 Å². The SMILES string of the molecule is C.CC1(C)CC(CS(N)(=O)=O)C1.CCOc1cccc(-c2nc3ncc(CS(=O)(=O)CC4CC(C)(O)C4)nc3n2-c2c(OC)cccc2OC)n1.CCOc1cccc(-c2nc3ncc(CS(=O)(=O)CC4CC(C)(OC5CCCCO5)C4)nc3n2-c2c(OC)cccc2OC)n1.CCOc1cccc(-c2nc3ncc(Cl)nc3n2-c2c(OC)cccc2OC)n1.CN[C@@H]1CCCC[C@H]1NC.O=CO. The number of nitrogens with zero attached hydrogens (tertiary/aromatic N) is 15. The van der Waals surface area contributed by atoms with Crippen LogP contribution in [0, 0.1) is 23.2 Å². The molecule has 0 bridgehead atoms. The number of nitrogens with one attached hydrogen (secondary N) is 2. The van der Waals surface area contributed by atoms with Gasteiger partial charge >= 0.3 is 0 Å². The lowest BCUT2D eigenvalue weighted by molar-refractivity contribution is -0.248. The number of benzene rings is 3. The highest BCUT2D eigenvalue weighted by Crippen LogP contribution is 2.48. The van der Waals surface area contributed by atoms with E-state index in [0.717, 1.165) is 32.1 Å². The molecule has 9 aromatic heterocycles. The third-order valence-corrected chi connectivity index (χ3v) is 28.2. The molecule has 1 saturated heterocycles. The van der Waals surface area contributed by atoms with Gasteiger partial charge in [0.25, 0.3) is 6.47 Å². The number of pyridine rings is 3. The van der Waals surface area contributed by atoms with Crippen LogP contribution < -0.4 is 58.4 Å². The zero-order chi connectivity index (χ0) is 98.6. The molecule has 138 heavy (non-hydrogen) atoms. The third-order valence-electron chi connectivity index (χ3n) is 23.6. The van der Waals surface area contributed by atoms with Crippen molar-refractivity contribution in [1.29, 1.82) is 0 Å². The molecule has 3 aromatic carbocycles. The van der Waals surface area contributed by atoms with Crippen molar-refractivity contribution in [3.05, 3.63) is 144 Å². The number of carboxylic acid groups (broad SMARTS) is 1. The van der Waals surface area contributed by atoms with E-state index in [9.17, 15) is 30.4 Å². The number of aliphatic hydroxyl groups is 1. The molecule has 4 saturated carbocycles. The quantitative estimate of drug-likeness (QED) is 0.0244. The largest absolute Gasteiger partial charge is 0.494 e. The minimum absolute atomic E-state index is 0. The van der Waals surface area contributed by atoms with E-state index < -0.39 is 35.3 Å². The van der Waals surface area contributed by atoms with E-state index in [1.54, 1.807) is 118 Å². The van der Waals surface area contributed by atoms with E-state index in [4.69, 9.17) is 98.7 Å². The Bertz CT molecular complexity index is 6380. The average molecular weight is 1980 g/mol. The topological polar surface area (TPSA) is 481 Å². The number of sulfonamides is 1. The molecule has 38 nitrogen and oxygen atoms in total. The molecule has 6 N–H and O–H groups in total. The second-order valence-corrected chi connectivity index (χ2v) is 41.3. The Morgan fingerprint density at radius 3 is 1.12 bits per heavy atom. The van der Waals surface area contributed by atoms with Crippen molar-refractivity contribution < 1.29 is 92.4 Å². The summed E-state index contributed by atoms with van der Waals surface area (Å²) in [7, 11) is 3.27. The standard InChI is InChI=1S/C32H39N5O7S.C27H31N5O6S.C20H18ClN5O3.C8H18N2.C7H15NO2S.CH2O2.CH4/c1-5-42-26-13-8-10-23(35-26)30-36-29-31(37(30)28-24(40-3)11-9-12-25(28)41-4)34-22(18-33-29)20-45(38,39)19-21-16-32(2,17-21)44-27-14-6-7-15-43-27;1-5-38-22-11-6-8-19(30-22)25-31-24-26(32(25)23-20(36-3)9-7-10-21(23)37-4)29-18(14-28-24)16-39(34,35)15-17-12-27(2,33)13-17;1-4-29-16-10-5-7-12(23-16)19-25-18-20(24-15(21)11-22-18)26(19)17-13(27-2)8-6-9-14(17)28-3;1-9-7-5-3-4-6-8(7)10-2;1-7(2)3-6(4-7)5-11(8,9)10;2-1-3;/h8-13,18,21,27H,5-7,14-17,19-20H2,1-4H3;6-11,14,17,33H,5,12-13,15-16H2,1-4H3;5-11H,4H2,1-3H3;7-10H,3-6H2,1-2H3;6H,3-5H2,1-2H3,(H2,8,9,10);1H,(H,2,3);1H4/t;;;7-,8-;;;/m...1.../s1. The molecule has 0 radical (unpaired) electrons. The Labute approximate surface area is 810 Å². The number of methoxy groups -OCH3 is 6. The number of carbonyl (C=O) groups is 1. The smallest absolute Gasteiger partial charge is 0.290 e. The molecule has 42 heteroatoms. The second kappa shape index (κ2) is 47.8. The fourth-order valence-corrected chi connectivity index (χ4v) is 22.6. The first-order valence-corrected chi connectivity index (χ1v) is 51.0. The van der Waals surface area contributed by atoms with E-state index in [1.165, 1.54) is 44.3 Å². The number of hydrogen-bond donors (Lipinski definition) is 5. The molecule has 0 amide bonds. The third kappa shape index (κ3) is 27.3. The van der Waals surface area contributed by atoms with Crippen LogP contribution in [0.5, 0.6) is 52.1 Å². The molecule has 0 spiro atoms. The van der Waals surface area contributed by atoms with Crippen LogP contribution >= 0.6 is 11.6 Å². The lowest BCUT2D eigenvalue weighted by Gasteiger charge is -2.47. The maximum atomic E-state index is 13.4. The Balaban J connectivity index is 0.000000178. The van der Waals surface area contributed by atoms with Crippen LogP contribution in [-0.4, -0.2) is 245 Å². The Hall–Kier alpha value is -11.7. The van der Waals surface area contributed by atoms with Gasteiger partial charge in [0.2, 0.25) is 27.7 Å². The summed E-state index contributed by atoms with van der Waals surface area (Å²) in [4.78, 5) is 63.6. The van der Waals surface area contributed by atoms with Crippen molar-refractivity contribution in [2.75, 3.05) is 100 Å². The molecule has 10 heterocycles. The number of para-hydroxylation sites is 3. The Morgan fingerprint density at radius 1 is 0.471 bits per heavy atom. The molecule has 17 rings (SSSR count). The predicted molar refractivity (Wildman–Crippen MR) is 526 cm³/mol. The number of primary sulfonamides is 1.